The number of nitrogens with one attached hydrogen (secondary N) is 1. The second kappa shape index (κ2) is 6.87. The van der Waals surface area contributed by atoms with Crippen molar-refractivity contribution >= 4 is 11.8 Å². The second-order valence-corrected chi connectivity index (χ2v) is 6.40. The fourth-order valence-electron chi connectivity index (χ4n) is 2.67. The van der Waals surface area contributed by atoms with E-state index in [1.807, 2.05) is 25.7 Å². The molecule has 5 heteroatoms. The van der Waals surface area contributed by atoms with Crippen molar-refractivity contribution in [1.82, 2.24) is 10.2 Å². The first-order chi connectivity index (χ1) is 9.56. The largest absolute Gasteiger partial charge is 0.309 e. The standard InChI is InChI=1S/C15H22F2N2S/c1-4-18-15(12-9-20-8-7-19(12)3)13-11(16)6-5-10(2)14(13)17/h5-6,12,15,18H,4,7-9H2,1-3H3. The average Bonchev–Trinajstić information content (AvgIpc) is 2.43. The third-order valence-electron chi connectivity index (χ3n) is 3.88. The topological polar surface area (TPSA) is 15.3 Å². The van der Waals surface area contributed by atoms with Crippen molar-refractivity contribution < 1.29 is 8.78 Å². The van der Waals surface area contributed by atoms with Crippen LogP contribution in [-0.4, -0.2) is 42.6 Å². The fraction of sp³-hybridized carbons (Fsp3) is 0.600. The monoisotopic (exact) mass is 300 g/mol. The number of benzene rings is 1. The Morgan fingerprint density at radius 1 is 1.45 bits per heavy atom. The lowest BCUT2D eigenvalue weighted by Gasteiger charge is -2.38. The van der Waals surface area contributed by atoms with E-state index in [4.69, 9.17) is 0 Å². The van der Waals surface area contributed by atoms with E-state index in [1.54, 1.807) is 6.92 Å². The summed E-state index contributed by atoms with van der Waals surface area (Å²) in [6.45, 7) is 5.29. The van der Waals surface area contributed by atoms with Crippen molar-refractivity contribution in [1.29, 1.82) is 0 Å². The minimum absolute atomic E-state index is 0.111. The van der Waals surface area contributed by atoms with Gasteiger partial charge in [0, 0.05) is 29.7 Å². The lowest BCUT2D eigenvalue weighted by Crippen LogP contribution is -2.48. The highest BCUT2D eigenvalue weighted by atomic mass is 32.2. The zero-order valence-corrected chi connectivity index (χ0v) is 13.1. The Labute approximate surface area is 123 Å². The van der Waals surface area contributed by atoms with Gasteiger partial charge in [-0.25, -0.2) is 8.78 Å². The Morgan fingerprint density at radius 3 is 2.85 bits per heavy atom. The van der Waals surface area contributed by atoms with Gasteiger partial charge < -0.3 is 5.32 Å². The molecule has 1 aromatic carbocycles. The van der Waals surface area contributed by atoms with Crippen molar-refractivity contribution in [3.05, 3.63) is 34.9 Å². The van der Waals surface area contributed by atoms with Crippen LogP contribution in [0.5, 0.6) is 0 Å². The lowest BCUT2D eigenvalue weighted by molar-refractivity contribution is 0.211. The zero-order chi connectivity index (χ0) is 14.7. The van der Waals surface area contributed by atoms with Crippen LogP contribution in [0.15, 0.2) is 12.1 Å². The average molecular weight is 300 g/mol. The van der Waals surface area contributed by atoms with Crippen LogP contribution in [-0.2, 0) is 0 Å². The zero-order valence-electron chi connectivity index (χ0n) is 12.2. The van der Waals surface area contributed by atoms with Gasteiger partial charge in [-0.05, 0) is 32.1 Å². The summed E-state index contributed by atoms with van der Waals surface area (Å²) >= 11 is 1.84. The van der Waals surface area contributed by atoms with Crippen LogP contribution in [0.4, 0.5) is 8.78 Å². The molecule has 1 heterocycles. The molecule has 2 nitrogen and oxygen atoms in total. The lowest BCUT2D eigenvalue weighted by atomic mass is 9.96. The van der Waals surface area contributed by atoms with E-state index in [2.05, 4.69) is 10.2 Å². The first-order valence-electron chi connectivity index (χ1n) is 7.02. The predicted molar refractivity (Wildman–Crippen MR) is 81.3 cm³/mol. The number of hydrogen-bond acceptors (Lipinski definition) is 3. The molecule has 20 heavy (non-hydrogen) atoms. The van der Waals surface area contributed by atoms with Crippen LogP contribution in [0.1, 0.15) is 24.1 Å². The van der Waals surface area contributed by atoms with E-state index < -0.39 is 11.6 Å². The van der Waals surface area contributed by atoms with Gasteiger partial charge in [0.2, 0.25) is 0 Å². The van der Waals surface area contributed by atoms with Crippen LogP contribution in [0.25, 0.3) is 0 Å². The molecule has 2 atom stereocenters. The maximum absolute atomic E-state index is 14.4. The number of aryl methyl sites for hydroxylation is 1. The van der Waals surface area contributed by atoms with E-state index in [-0.39, 0.29) is 17.6 Å². The molecular formula is C15H22F2N2S. The maximum atomic E-state index is 14.4. The van der Waals surface area contributed by atoms with Gasteiger partial charge in [0.05, 0.1) is 6.04 Å². The van der Waals surface area contributed by atoms with Gasteiger partial charge in [-0.15, -0.1) is 0 Å². The van der Waals surface area contributed by atoms with Crippen LogP contribution in [0.3, 0.4) is 0 Å². The summed E-state index contributed by atoms with van der Waals surface area (Å²) in [4.78, 5) is 2.20. The maximum Gasteiger partial charge on any atom is 0.133 e. The number of hydrogen-bond donors (Lipinski definition) is 1. The predicted octanol–water partition coefficient (Wildman–Crippen LogP) is 2.97. The summed E-state index contributed by atoms with van der Waals surface area (Å²) in [7, 11) is 2.03. The Morgan fingerprint density at radius 2 is 2.20 bits per heavy atom. The van der Waals surface area contributed by atoms with Gasteiger partial charge in [0.25, 0.3) is 0 Å². The van der Waals surface area contributed by atoms with E-state index in [1.165, 1.54) is 12.1 Å². The first kappa shape index (κ1) is 15.7. The summed E-state index contributed by atoms with van der Waals surface area (Å²) in [6.07, 6.45) is 0. The smallest absolute Gasteiger partial charge is 0.133 e. The van der Waals surface area contributed by atoms with Crippen molar-refractivity contribution in [2.75, 3.05) is 31.6 Å². The third-order valence-corrected chi connectivity index (χ3v) is 4.93. The molecule has 1 aliphatic rings. The Hall–Kier alpha value is -0.650. The minimum atomic E-state index is -0.456. The Bertz CT molecular complexity index is 467. The Balaban J connectivity index is 2.40. The van der Waals surface area contributed by atoms with Gasteiger partial charge in [-0.2, -0.15) is 11.8 Å². The molecule has 1 fully saturated rings. The number of likely N-dealkylation sites (N-methyl/N-ethyl adjacent to an activating group) is 2. The van der Waals surface area contributed by atoms with Gasteiger partial charge in [0.1, 0.15) is 11.6 Å². The summed E-state index contributed by atoms with van der Waals surface area (Å²) < 4.78 is 28.6. The van der Waals surface area contributed by atoms with Crippen LogP contribution >= 0.6 is 11.8 Å². The molecule has 0 amide bonds. The third kappa shape index (κ3) is 3.15. The summed E-state index contributed by atoms with van der Waals surface area (Å²) in [5, 5.41) is 3.27. The molecule has 1 aliphatic heterocycles. The summed E-state index contributed by atoms with van der Waals surface area (Å²) in [6, 6.07) is 2.67. The normalized spacial score (nSPS) is 21.9. The quantitative estimate of drug-likeness (QED) is 0.920. The van der Waals surface area contributed by atoms with Gasteiger partial charge in [-0.1, -0.05) is 13.0 Å². The molecule has 0 aromatic heterocycles. The highest BCUT2D eigenvalue weighted by Crippen LogP contribution is 2.31. The number of nitrogens with zero attached hydrogens (tertiary/aromatic N) is 1. The van der Waals surface area contributed by atoms with E-state index in [0.29, 0.717) is 12.1 Å². The molecule has 0 radical (unpaired) electrons. The summed E-state index contributed by atoms with van der Waals surface area (Å²) in [5.41, 5.74) is 0.682. The highest BCUT2D eigenvalue weighted by molar-refractivity contribution is 7.99. The summed E-state index contributed by atoms with van der Waals surface area (Å²) in [5.74, 6) is 1.09. The SMILES string of the molecule is CCNC(c1c(F)ccc(C)c1F)C1CSCCN1C. The van der Waals surface area contributed by atoms with Crippen LogP contribution in [0, 0.1) is 18.6 Å². The number of rotatable bonds is 4. The first-order valence-corrected chi connectivity index (χ1v) is 8.17. The molecule has 112 valence electrons. The highest BCUT2D eigenvalue weighted by Gasteiger charge is 2.32. The molecule has 1 saturated heterocycles. The van der Waals surface area contributed by atoms with Crippen LogP contribution in [0.2, 0.25) is 0 Å². The van der Waals surface area contributed by atoms with Crippen molar-refractivity contribution in [3.63, 3.8) is 0 Å². The van der Waals surface area contributed by atoms with Crippen molar-refractivity contribution in [2.24, 2.45) is 0 Å². The van der Waals surface area contributed by atoms with Crippen molar-refractivity contribution in [2.45, 2.75) is 25.9 Å². The molecular weight excluding hydrogens is 278 g/mol. The molecule has 2 unspecified atom stereocenters. The molecule has 1 N–H and O–H groups in total. The van der Waals surface area contributed by atoms with E-state index in [9.17, 15) is 8.78 Å². The minimum Gasteiger partial charge on any atom is -0.309 e. The molecule has 0 saturated carbocycles. The molecule has 2 rings (SSSR count). The fourth-order valence-corrected chi connectivity index (χ4v) is 3.94. The molecule has 0 spiro atoms. The number of thioether (sulfide) groups is 1. The second-order valence-electron chi connectivity index (χ2n) is 5.25. The Kier molecular flexibility index (Phi) is 5.41. The van der Waals surface area contributed by atoms with E-state index in [0.717, 1.165) is 18.1 Å². The molecule has 0 bridgehead atoms. The molecule has 1 aromatic rings. The van der Waals surface area contributed by atoms with Gasteiger partial charge >= 0.3 is 0 Å². The molecule has 0 aliphatic carbocycles. The number of halogens is 2. The van der Waals surface area contributed by atoms with E-state index >= 15 is 0 Å². The van der Waals surface area contributed by atoms with Crippen LogP contribution < -0.4 is 5.32 Å². The van der Waals surface area contributed by atoms with Gasteiger partial charge in [-0.3, -0.25) is 4.90 Å². The van der Waals surface area contributed by atoms with Crippen molar-refractivity contribution in [3.8, 4) is 0 Å². The van der Waals surface area contributed by atoms with Gasteiger partial charge in [0.15, 0.2) is 0 Å².